The van der Waals surface area contributed by atoms with E-state index in [0.29, 0.717) is 12.1 Å². The molecule has 1 aromatic rings. The molecule has 0 atom stereocenters. The third kappa shape index (κ3) is 4.67. The molecule has 0 aliphatic rings. The monoisotopic (exact) mass is 327 g/mol. The molecule has 21 heavy (non-hydrogen) atoms. The Morgan fingerprint density at radius 3 is 2.19 bits per heavy atom. The third-order valence-corrected chi connectivity index (χ3v) is 4.63. The lowest BCUT2D eigenvalue weighted by atomic mass is 10.2. The standard InChI is InChI=1S/C12H16F3NO4S/c1-20-9-7-16(6-8-17)21(18,19)11-4-2-10(3-5-11)12(13,14)15/h2-5,17H,6-9H2,1H3. The van der Waals surface area contributed by atoms with Crippen molar-refractivity contribution in [3.05, 3.63) is 29.8 Å². The first kappa shape index (κ1) is 17.9. The number of alkyl halides is 3. The molecule has 0 bridgehead atoms. The second kappa shape index (κ2) is 7.21. The number of ether oxygens (including phenoxy) is 1. The van der Waals surface area contributed by atoms with Crippen LogP contribution in [0.2, 0.25) is 0 Å². The average molecular weight is 327 g/mol. The second-order valence-electron chi connectivity index (χ2n) is 4.14. The predicted molar refractivity (Wildman–Crippen MR) is 69.2 cm³/mol. The molecule has 0 unspecified atom stereocenters. The number of rotatable bonds is 7. The molecule has 1 aromatic carbocycles. The summed E-state index contributed by atoms with van der Waals surface area (Å²) in [6.07, 6.45) is -4.52. The number of halogens is 3. The van der Waals surface area contributed by atoms with Crippen LogP contribution in [0.25, 0.3) is 0 Å². The average Bonchev–Trinajstić information content (AvgIpc) is 2.42. The van der Waals surface area contributed by atoms with Crippen LogP contribution >= 0.6 is 0 Å². The van der Waals surface area contributed by atoms with Gasteiger partial charge in [0.05, 0.1) is 23.7 Å². The molecule has 0 fully saturated rings. The van der Waals surface area contributed by atoms with Gasteiger partial charge in [0.2, 0.25) is 10.0 Å². The van der Waals surface area contributed by atoms with E-state index < -0.39 is 28.4 Å². The van der Waals surface area contributed by atoms with E-state index in [1.807, 2.05) is 0 Å². The third-order valence-electron chi connectivity index (χ3n) is 2.71. The molecule has 0 heterocycles. The van der Waals surface area contributed by atoms with Gasteiger partial charge in [-0.1, -0.05) is 0 Å². The van der Waals surface area contributed by atoms with Crippen LogP contribution in [-0.4, -0.2) is 51.2 Å². The van der Waals surface area contributed by atoms with E-state index in [0.717, 1.165) is 16.4 Å². The Morgan fingerprint density at radius 2 is 1.76 bits per heavy atom. The van der Waals surface area contributed by atoms with Crippen molar-refractivity contribution < 1.29 is 31.4 Å². The summed E-state index contributed by atoms with van der Waals surface area (Å²) in [5.74, 6) is 0. The zero-order valence-corrected chi connectivity index (χ0v) is 12.1. The first-order valence-corrected chi connectivity index (χ1v) is 7.44. The molecule has 0 saturated heterocycles. The van der Waals surface area contributed by atoms with Crippen molar-refractivity contribution in [2.75, 3.05) is 33.4 Å². The molecule has 0 saturated carbocycles. The Bertz CT molecular complexity index is 543. The second-order valence-corrected chi connectivity index (χ2v) is 6.08. The van der Waals surface area contributed by atoms with Gasteiger partial charge in [-0.15, -0.1) is 0 Å². The largest absolute Gasteiger partial charge is 0.416 e. The Hall–Kier alpha value is -1.16. The summed E-state index contributed by atoms with van der Waals surface area (Å²) >= 11 is 0. The number of aliphatic hydroxyl groups is 1. The van der Waals surface area contributed by atoms with Gasteiger partial charge in [-0.2, -0.15) is 17.5 Å². The van der Waals surface area contributed by atoms with Crippen molar-refractivity contribution in [2.24, 2.45) is 0 Å². The summed E-state index contributed by atoms with van der Waals surface area (Å²) in [7, 11) is -2.58. The van der Waals surface area contributed by atoms with Gasteiger partial charge in [0.25, 0.3) is 0 Å². The summed E-state index contributed by atoms with van der Waals surface area (Å²) in [5.41, 5.74) is -0.924. The molecular formula is C12H16F3NO4S. The van der Waals surface area contributed by atoms with E-state index in [1.54, 1.807) is 0 Å². The molecule has 0 amide bonds. The summed E-state index contributed by atoms with van der Waals surface area (Å²) in [4.78, 5) is -0.264. The minimum absolute atomic E-state index is 0.000412. The first-order valence-electron chi connectivity index (χ1n) is 6.00. The molecule has 9 heteroatoms. The van der Waals surface area contributed by atoms with E-state index in [4.69, 9.17) is 9.84 Å². The number of sulfonamides is 1. The van der Waals surface area contributed by atoms with Crippen molar-refractivity contribution in [1.29, 1.82) is 0 Å². The Labute approximate surface area is 121 Å². The topological polar surface area (TPSA) is 66.8 Å². The fraction of sp³-hybridized carbons (Fsp3) is 0.500. The molecular weight excluding hydrogens is 311 g/mol. The fourth-order valence-electron chi connectivity index (χ4n) is 1.62. The molecule has 0 spiro atoms. The molecule has 0 aliphatic heterocycles. The Balaban J connectivity index is 3.04. The van der Waals surface area contributed by atoms with Gasteiger partial charge in [0.1, 0.15) is 0 Å². The number of benzene rings is 1. The van der Waals surface area contributed by atoms with E-state index in [2.05, 4.69) is 0 Å². The van der Waals surface area contributed by atoms with E-state index >= 15 is 0 Å². The highest BCUT2D eigenvalue weighted by Crippen LogP contribution is 2.30. The van der Waals surface area contributed by atoms with Crippen molar-refractivity contribution in [3.8, 4) is 0 Å². The van der Waals surface area contributed by atoms with Crippen LogP contribution in [0.3, 0.4) is 0 Å². The lowest BCUT2D eigenvalue weighted by Crippen LogP contribution is -2.36. The Morgan fingerprint density at radius 1 is 1.19 bits per heavy atom. The fourth-order valence-corrected chi connectivity index (χ4v) is 3.04. The zero-order chi connectivity index (χ0) is 16.1. The minimum Gasteiger partial charge on any atom is -0.395 e. The van der Waals surface area contributed by atoms with E-state index in [1.165, 1.54) is 7.11 Å². The zero-order valence-electron chi connectivity index (χ0n) is 11.3. The number of hydrogen-bond donors (Lipinski definition) is 1. The highest BCUT2D eigenvalue weighted by molar-refractivity contribution is 7.89. The van der Waals surface area contributed by atoms with Gasteiger partial charge in [-0.3, -0.25) is 0 Å². The molecule has 5 nitrogen and oxygen atoms in total. The van der Waals surface area contributed by atoms with Crippen LogP contribution in [-0.2, 0) is 20.9 Å². The van der Waals surface area contributed by atoms with Gasteiger partial charge in [-0.25, -0.2) is 8.42 Å². The summed E-state index contributed by atoms with van der Waals surface area (Å²) in [6.45, 7) is -0.448. The van der Waals surface area contributed by atoms with Crippen LogP contribution < -0.4 is 0 Å². The number of methoxy groups -OCH3 is 1. The van der Waals surface area contributed by atoms with Crippen molar-refractivity contribution in [3.63, 3.8) is 0 Å². The van der Waals surface area contributed by atoms with Gasteiger partial charge in [0, 0.05) is 20.2 Å². The van der Waals surface area contributed by atoms with E-state index in [9.17, 15) is 21.6 Å². The lowest BCUT2D eigenvalue weighted by molar-refractivity contribution is -0.137. The SMILES string of the molecule is COCCN(CCO)S(=O)(=O)c1ccc(C(F)(F)F)cc1. The van der Waals surface area contributed by atoms with Gasteiger partial charge in [-0.05, 0) is 24.3 Å². The number of nitrogens with zero attached hydrogens (tertiary/aromatic N) is 1. The van der Waals surface area contributed by atoms with Crippen molar-refractivity contribution in [2.45, 2.75) is 11.1 Å². The maximum atomic E-state index is 12.5. The summed E-state index contributed by atoms with van der Waals surface area (Å²) < 4.78 is 67.6. The number of hydrogen-bond acceptors (Lipinski definition) is 4. The lowest BCUT2D eigenvalue weighted by Gasteiger charge is -2.21. The van der Waals surface area contributed by atoms with Crippen molar-refractivity contribution in [1.82, 2.24) is 4.31 Å². The van der Waals surface area contributed by atoms with Gasteiger partial charge >= 0.3 is 6.18 Å². The van der Waals surface area contributed by atoms with Crippen LogP contribution in [0, 0.1) is 0 Å². The Kier molecular flexibility index (Phi) is 6.14. The van der Waals surface area contributed by atoms with Gasteiger partial charge in [0.15, 0.2) is 0 Å². The number of aliphatic hydroxyl groups excluding tert-OH is 1. The minimum atomic E-state index is -4.52. The molecule has 0 aliphatic carbocycles. The predicted octanol–water partition coefficient (Wildman–Crippen LogP) is 1.33. The maximum absolute atomic E-state index is 12.5. The summed E-state index contributed by atoms with van der Waals surface area (Å²) in [6, 6.07) is 3.21. The quantitative estimate of drug-likeness (QED) is 0.821. The first-order chi connectivity index (χ1) is 9.73. The summed E-state index contributed by atoms with van der Waals surface area (Å²) in [5, 5.41) is 8.90. The van der Waals surface area contributed by atoms with Crippen LogP contribution in [0.15, 0.2) is 29.2 Å². The van der Waals surface area contributed by atoms with Crippen LogP contribution in [0.1, 0.15) is 5.56 Å². The van der Waals surface area contributed by atoms with Crippen LogP contribution in [0.5, 0.6) is 0 Å². The molecule has 1 rings (SSSR count). The van der Waals surface area contributed by atoms with Gasteiger partial charge < -0.3 is 9.84 Å². The van der Waals surface area contributed by atoms with Crippen LogP contribution in [0.4, 0.5) is 13.2 Å². The maximum Gasteiger partial charge on any atom is 0.416 e. The highest BCUT2D eigenvalue weighted by atomic mass is 32.2. The molecule has 1 N–H and O–H groups in total. The molecule has 0 radical (unpaired) electrons. The van der Waals surface area contributed by atoms with E-state index in [-0.39, 0.29) is 24.6 Å². The molecule has 120 valence electrons. The molecule has 0 aromatic heterocycles. The highest BCUT2D eigenvalue weighted by Gasteiger charge is 2.31. The normalized spacial score (nSPS) is 12.9. The smallest absolute Gasteiger partial charge is 0.395 e. The van der Waals surface area contributed by atoms with Crippen molar-refractivity contribution >= 4 is 10.0 Å².